The van der Waals surface area contributed by atoms with Gasteiger partial charge in [0.25, 0.3) is 0 Å². The minimum Gasteiger partial charge on any atom is -0.294 e. The van der Waals surface area contributed by atoms with Crippen LogP contribution in [-0.2, 0) is 6.42 Å². The lowest BCUT2D eigenvalue weighted by molar-refractivity contribution is 0.0903. The van der Waals surface area contributed by atoms with Crippen LogP contribution in [0.15, 0.2) is 18.2 Å². The maximum Gasteiger partial charge on any atom is 0.166 e. The number of hydrogen-bond donors (Lipinski definition) is 0. The predicted octanol–water partition coefficient (Wildman–Crippen LogP) is 3.79. The highest BCUT2D eigenvalue weighted by Gasteiger charge is 2.33. The monoisotopic (exact) mass is 216 g/mol. The minimum absolute atomic E-state index is 0.205. The molecule has 1 heteroatoms. The normalized spacial score (nSPS) is 20.0. The van der Waals surface area contributed by atoms with Crippen molar-refractivity contribution < 1.29 is 4.79 Å². The number of ketones is 1. The van der Waals surface area contributed by atoms with Gasteiger partial charge in [-0.05, 0) is 36.3 Å². The first-order valence-corrected chi connectivity index (χ1v) is 6.01. The Balaban J connectivity index is 2.28. The molecular weight excluding hydrogens is 196 g/mol. The summed E-state index contributed by atoms with van der Waals surface area (Å²) in [5, 5.41) is 0. The molecular formula is C15H20O. The molecule has 1 aliphatic rings. The molecule has 0 spiro atoms. The number of fused-ring (bicyclic) bond motifs is 1. The lowest BCUT2D eigenvalue weighted by atomic mass is 9.83. The predicted molar refractivity (Wildman–Crippen MR) is 66.8 cm³/mol. The summed E-state index contributed by atoms with van der Waals surface area (Å²) in [4.78, 5) is 12.2. The van der Waals surface area contributed by atoms with E-state index in [0.29, 0.717) is 5.78 Å². The summed E-state index contributed by atoms with van der Waals surface area (Å²) in [5.41, 5.74) is 3.74. The van der Waals surface area contributed by atoms with E-state index in [1.165, 1.54) is 11.1 Å². The molecule has 0 bridgehead atoms. The molecule has 0 N–H and O–H groups in total. The van der Waals surface area contributed by atoms with Crippen LogP contribution < -0.4 is 0 Å². The Morgan fingerprint density at radius 1 is 1.31 bits per heavy atom. The number of aryl methyl sites for hydroxylation is 1. The fourth-order valence-electron chi connectivity index (χ4n) is 2.67. The molecule has 1 aliphatic carbocycles. The largest absolute Gasteiger partial charge is 0.294 e. The van der Waals surface area contributed by atoms with Crippen LogP contribution in [-0.4, -0.2) is 5.78 Å². The van der Waals surface area contributed by atoms with Gasteiger partial charge in [0.2, 0.25) is 0 Å². The summed E-state index contributed by atoms with van der Waals surface area (Å²) in [6.07, 6.45) is 1.93. The van der Waals surface area contributed by atoms with Crippen molar-refractivity contribution in [2.24, 2.45) is 11.3 Å². The number of rotatable bonds is 1. The molecule has 86 valence electrons. The molecule has 1 aromatic rings. The molecule has 2 rings (SSSR count). The Labute approximate surface area is 97.9 Å². The molecule has 1 unspecified atom stereocenters. The first-order valence-electron chi connectivity index (χ1n) is 6.01. The molecule has 0 fully saturated rings. The fourth-order valence-corrected chi connectivity index (χ4v) is 2.67. The van der Waals surface area contributed by atoms with Crippen LogP contribution >= 0.6 is 0 Å². The third-order valence-corrected chi connectivity index (χ3v) is 3.36. The highest BCUT2D eigenvalue weighted by Crippen LogP contribution is 2.36. The lowest BCUT2D eigenvalue weighted by Crippen LogP contribution is -2.18. The van der Waals surface area contributed by atoms with Crippen molar-refractivity contribution in [3.63, 3.8) is 0 Å². The van der Waals surface area contributed by atoms with E-state index in [9.17, 15) is 4.79 Å². The maximum atomic E-state index is 12.2. The summed E-state index contributed by atoms with van der Waals surface area (Å²) in [5.74, 6) is 0.560. The van der Waals surface area contributed by atoms with Crippen molar-refractivity contribution in [3.8, 4) is 0 Å². The number of hydrogen-bond acceptors (Lipinski definition) is 1. The van der Waals surface area contributed by atoms with E-state index in [1.807, 2.05) is 12.1 Å². The van der Waals surface area contributed by atoms with Crippen LogP contribution in [0.3, 0.4) is 0 Å². The van der Waals surface area contributed by atoms with Crippen LogP contribution in [0.2, 0.25) is 0 Å². The first-order chi connectivity index (χ1) is 7.38. The summed E-state index contributed by atoms with van der Waals surface area (Å²) in [7, 11) is 0. The summed E-state index contributed by atoms with van der Waals surface area (Å²) < 4.78 is 0. The molecule has 0 saturated carbocycles. The van der Waals surface area contributed by atoms with E-state index in [4.69, 9.17) is 0 Å². The van der Waals surface area contributed by atoms with Gasteiger partial charge in [0, 0.05) is 11.5 Å². The van der Waals surface area contributed by atoms with Gasteiger partial charge in [0.1, 0.15) is 0 Å². The van der Waals surface area contributed by atoms with Crippen LogP contribution in [0, 0.1) is 18.3 Å². The van der Waals surface area contributed by atoms with Crippen molar-refractivity contribution >= 4 is 5.78 Å². The number of carbonyl (C=O) groups excluding carboxylic acids is 1. The van der Waals surface area contributed by atoms with E-state index < -0.39 is 0 Å². The summed E-state index contributed by atoms with van der Waals surface area (Å²) >= 11 is 0. The Kier molecular flexibility index (Phi) is 2.65. The highest BCUT2D eigenvalue weighted by molar-refractivity contribution is 6.02. The smallest absolute Gasteiger partial charge is 0.166 e. The third-order valence-electron chi connectivity index (χ3n) is 3.36. The van der Waals surface area contributed by atoms with E-state index in [0.717, 1.165) is 18.4 Å². The van der Waals surface area contributed by atoms with Crippen LogP contribution in [0.25, 0.3) is 0 Å². The van der Waals surface area contributed by atoms with Crippen molar-refractivity contribution in [3.05, 3.63) is 34.9 Å². The molecule has 0 amide bonds. The summed E-state index contributed by atoms with van der Waals surface area (Å²) in [6, 6.07) is 6.07. The number of carbonyl (C=O) groups is 1. The van der Waals surface area contributed by atoms with Crippen LogP contribution in [0.1, 0.15) is 48.7 Å². The van der Waals surface area contributed by atoms with Crippen LogP contribution in [0.5, 0.6) is 0 Å². The molecule has 0 aromatic heterocycles. The zero-order valence-corrected chi connectivity index (χ0v) is 10.6. The van der Waals surface area contributed by atoms with Gasteiger partial charge in [-0.2, -0.15) is 0 Å². The quantitative estimate of drug-likeness (QED) is 0.698. The average molecular weight is 216 g/mol. The zero-order valence-electron chi connectivity index (χ0n) is 10.6. The van der Waals surface area contributed by atoms with Gasteiger partial charge in [0.05, 0.1) is 0 Å². The standard InChI is InChI=1S/C15H20O/c1-10-6-5-7-12-13(10)8-11(14(12)16)9-15(2,3)4/h5-7,11H,8-9H2,1-4H3. The second-order valence-corrected chi connectivity index (χ2v) is 6.13. The molecule has 16 heavy (non-hydrogen) atoms. The number of benzene rings is 1. The van der Waals surface area contributed by atoms with E-state index in [1.54, 1.807) is 0 Å². The van der Waals surface area contributed by atoms with Crippen molar-refractivity contribution in [1.82, 2.24) is 0 Å². The second kappa shape index (κ2) is 3.73. The van der Waals surface area contributed by atoms with Gasteiger partial charge >= 0.3 is 0 Å². The van der Waals surface area contributed by atoms with Gasteiger partial charge in [-0.1, -0.05) is 39.0 Å². The lowest BCUT2D eigenvalue weighted by Gasteiger charge is -2.21. The highest BCUT2D eigenvalue weighted by atomic mass is 16.1. The average Bonchev–Trinajstić information content (AvgIpc) is 2.44. The molecule has 1 aromatic carbocycles. The molecule has 1 atom stereocenters. The SMILES string of the molecule is Cc1cccc2c1CC(CC(C)(C)C)C2=O. The van der Waals surface area contributed by atoms with Gasteiger partial charge in [-0.25, -0.2) is 0 Å². The molecule has 0 saturated heterocycles. The Bertz CT molecular complexity index is 424. The van der Waals surface area contributed by atoms with Crippen molar-refractivity contribution in [1.29, 1.82) is 0 Å². The third kappa shape index (κ3) is 2.04. The Hall–Kier alpha value is -1.11. The number of Topliss-reactive ketones (excluding diaryl/α,β-unsaturated/α-hetero) is 1. The molecule has 0 radical (unpaired) electrons. The molecule has 0 heterocycles. The molecule has 0 aliphatic heterocycles. The van der Waals surface area contributed by atoms with E-state index in [2.05, 4.69) is 33.8 Å². The maximum absolute atomic E-state index is 12.2. The van der Waals surface area contributed by atoms with Gasteiger partial charge in [-0.15, -0.1) is 0 Å². The van der Waals surface area contributed by atoms with E-state index >= 15 is 0 Å². The van der Waals surface area contributed by atoms with Gasteiger partial charge in [-0.3, -0.25) is 4.79 Å². The zero-order chi connectivity index (χ0) is 11.9. The van der Waals surface area contributed by atoms with Crippen molar-refractivity contribution in [2.45, 2.75) is 40.5 Å². The van der Waals surface area contributed by atoms with E-state index in [-0.39, 0.29) is 11.3 Å². The second-order valence-electron chi connectivity index (χ2n) is 6.13. The topological polar surface area (TPSA) is 17.1 Å². The fraction of sp³-hybridized carbons (Fsp3) is 0.533. The van der Waals surface area contributed by atoms with Gasteiger partial charge in [0.15, 0.2) is 5.78 Å². The Morgan fingerprint density at radius 2 is 2.00 bits per heavy atom. The molecule has 1 nitrogen and oxygen atoms in total. The minimum atomic E-state index is 0.205. The van der Waals surface area contributed by atoms with Crippen molar-refractivity contribution in [2.75, 3.05) is 0 Å². The van der Waals surface area contributed by atoms with Crippen LogP contribution in [0.4, 0.5) is 0 Å². The van der Waals surface area contributed by atoms with Gasteiger partial charge < -0.3 is 0 Å². The summed E-state index contributed by atoms with van der Waals surface area (Å²) in [6.45, 7) is 8.72. The Morgan fingerprint density at radius 3 is 2.56 bits per heavy atom. The first kappa shape index (κ1) is 11.4.